The normalized spacial score (nSPS) is 11.2. The molecule has 0 unspecified atom stereocenters. The van der Waals surface area contributed by atoms with Crippen LogP contribution in [0.25, 0.3) is 5.65 Å². The fourth-order valence-corrected chi connectivity index (χ4v) is 2.49. The Morgan fingerprint density at radius 2 is 2.12 bits per heavy atom. The second-order valence-electron chi connectivity index (χ2n) is 3.19. The van der Waals surface area contributed by atoms with E-state index in [1.165, 1.54) is 0 Å². The Labute approximate surface area is 116 Å². The molecule has 7 heteroatoms. The molecule has 2 rings (SSSR count). The molecule has 16 heavy (non-hydrogen) atoms. The van der Waals surface area contributed by atoms with Crippen LogP contribution in [0, 0.1) is 0 Å². The zero-order chi connectivity index (χ0) is 11.7. The number of fused-ring (bicyclic) bond motifs is 1. The monoisotopic (exact) mass is 341 g/mol. The SMILES string of the molecule is ClCCCc1c(Cl)nc2c(Br)cnn2c1Cl. The summed E-state index contributed by atoms with van der Waals surface area (Å²) in [4.78, 5) is 4.24. The van der Waals surface area contributed by atoms with Crippen molar-refractivity contribution in [1.82, 2.24) is 14.6 Å². The van der Waals surface area contributed by atoms with E-state index in [-0.39, 0.29) is 0 Å². The average Bonchev–Trinajstić information content (AvgIpc) is 2.61. The van der Waals surface area contributed by atoms with Crippen molar-refractivity contribution in [2.75, 3.05) is 5.88 Å². The summed E-state index contributed by atoms with van der Waals surface area (Å²) in [5, 5.41) is 5.01. The van der Waals surface area contributed by atoms with Crippen molar-refractivity contribution in [2.24, 2.45) is 0 Å². The van der Waals surface area contributed by atoms with Crippen LogP contribution in [0.2, 0.25) is 10.3 Å². The topological polar surface area (TPSA) is 30.2 Å². The number of hydrogen-bond donors (Lipinski definition) is 0. The quantitative estimate of drug-likeness (QED) is 0.623. The zero-order valence-electron chi connectivity index (χ0n) is 8.05. The number of rotatable bonds is 3. The third-order valence-corrected chi connectivity index (χ3v) is 3.68. The minimum Gasteiger partial charge on any atom is -0.215 e. The van der Waals surface area contributed by atoms with Crippen LogP contribution in [-0.4, -0.2) is 20.5 Å². The number of aromatic nitrogens is 3. The Morgan fingerprint density at radius 1 is 1.38 bits per heavy atom. The van der Waals surface area contributed by atoms with E-state index >= 15 is 0 Å². The van der Waals surface area contributed by atoms with Crippen molar-refractivity contribution in [3.63, 3.8) is 0 Å². The maximum absolute atomic E-state index is 6.21. The summed E-state index contributed by atoms with van der Waals surface area (Å²) in [7, 11) is 0. The molecular weight excluding hydrogens is 336 g/mol. The van der Waals surface area contributed by atoms with Crippen molar-refractivity contribution < 1.29 is 0 Å². The molecule has 0 aromatic carbocycles. The molecule has 2 heterocycles. The van der Waals surface area contributed by atoms with Crippen LogP contribution in [0.5, 0.6) is 0 Å². The van der Waals surface area contributed by atoms with Crippen LogP contribution >= 0.6 is 50.7 Å². The summed E-state index contributed by atoms with van der Waals surface area (Å²) < 4.78 is 2.32. The highest BCUT2D eigenvalue weighted by molar-refractivity contribution is 9.10. The van der Waals surface area contributed by atoms with Gasteiger partial charge in [0.2, 0.25) is 0 Å². The van der Waals surface area contributed by atoms with Gasteiger partial charge in [0.05, 0.1) is 10.7 Å². The van der Waals surface area contributed by atoms with Gasteiger partial charge in [-0.2, -0.15) is 5.10 Å². The number of hydrogen-bond acceptors (Lipinski definition) is 2. The van der Waals surface area contributed by atoms with Crippen LogP contribution in [0.1, 0.15) is 12.0 Å². The van der Waals surface area contributed by atoms with Crippen LogP contribution in [0.3, 0.4) is 0 Å². The van der Waals surface area contributed by atoms with Crippen molar-refractivity contribution in [2.45, 2.75) is 12.8 Å². The lowest BCUT2D eigenvalue weighted by molar-refractivity contribution is 0.868. The van der Waals surface area contributed by atoms with Gasteiger partial charge in [-0.3, -0.25) is 0 Å². The predicted molar refractivity (Wildman–Crippen MR) is 69.7 cm³/mol. The fraction of sp³-hybridized carbons (Fsp3) is 0.333. The van der Waals surface area contributed by atoms with E-state index in [2.05, 4.69) is 26.0 Å². The fourth-order valence-electron chi connectivity index (χ4n) is 1.39. The molecule has 0 saturated heterocycles. The molecule has 3 nitrogen and oxygen atoms in total. The Kier molecular flexibility index (Phi) is 3.95. The molecule has 0 fully saturated rings. The van der Waals surface area contributed by atoms with Crippen molar-refractivity contribution in [3.8, 4) is 0 Å². The van der Waals surface area contributed by atoms with Gasteiger partial charge in [-0.15, -0.1) is 11.6 Å². The first-order valence-corrected chi connectivity index (χ1v) is 6.66. The molecule has 0 aliphatic rings. The minimum atomic E-state index is 0.406. The lowest BCUT2D eigenvalue weighted by Crippen LogP contribution is -2.00. The van der Waals surface area contributed by atoms with Gasteiger partial charge in [0.15, 0.2) is 5.65 Å². The Hall–Kier alpha value is -0.0300. The van der Waals surface area contributed by atoms with Gasteiger partial charge in [0, 0.05) is 11.4 Å². The standard InChI is InChI=1S/C9H7BrCl3N3/c10-6-4-14-16-8(13)5(2-1-3-11)7(12)15-9(6)16/h4H,1-3H2. The molecule has 2 aromatic heterocycles. The molecule has 2 aromatic rings. The summed E-state index contributed by atoms with van der Waals surface area (Å²) in [6, 6.07) is 0. The van der Waals surface area contributed by atoms with Gasteiger partial charge >= 0.3 is 0 Å². The maximum Gasteiger partial charge on any atom is 0.172 e. The summed E-state index contributed by atoms with van der Waals surface area (Å²) in [6.45, 7) is 0. The van der Waals surface area contributed by atoms with Crippen LogP contribution < -0.4 is 0 Å². The lowest BCUT2D eigenvalue weighted by Gasteiger charge is -2.07. The summed E-state index contributed by atoms with van der Waals surface area (Å²) >= 11 is 21.3. The smallest absolute Gasteiger partial charge is 0.172 e. The molecule has 0 spiro atoms. The van der Waals surface area contributed by atoms with Gasteiger partial charge < -0.3 is 0 Å². The highest BCUT2D eigenvalue weighted by Crippen LogP contribution is 2.28. The Bertz CT molecular complexity index is 526. The van der Waals surface area contributed by atoms with Crippen molar-refractivity contribution in [3.05, 3.63) is 26.5 Å². The average molecular weight is 343 g/mol. The van der Waals surface area contributed by atoms with E-state index in [1.54, 1.807) is 10.7 Å². The molecule has 0 aliphatic heterocycles. The Morgan fingerprint density at radius 3 is 2.81 bits per heavy atom. The van der Waals surface area contributed by atoms with E-state index in [4.69, 9.17) is 34.8 Å². The summed E-state index contributed by atoms with van der Waals surface area (Å²) in [5.41, 5.74) is 1.40. The molecular formula is C9H7BrCl3N3. The van der Waals surface area contributed by atoms with Gasteiger partial charge in [-0.05, 0) is 28.8 Å². The second kappa shape index (κ2) is 5.08. The lowest BCUT2D eigenvalue weighted by atomic mass is 10.2. The zero-order valence-corrected chi connectivity index (χ0v) is 11.9. The maximum atomic E-state index is 6.21. The van der Waals surface area contributed by atoms with E-state index in [0.717, 1.165) is 16.5 Å². The van der Waals surface area contributed by atoms with Gasteiger partial charge in [-0.1, -0.05) is 23.2 Å². The summed E-state index contributed by atoms with van der Waals surface area (Å²) in [5.74, 6) is 0.563. The summed E-state index contributed by atoms with van der Waals surface area (Å²) in [6.07, 6.45) is 3.13. The molecule has 0 aliphatic carbocycles. The third-order valence-electron chi connectivity index (χ3n) is 2.15. The molecule has 0 amide bonds. The Balaban J connectivity index is 2.57. The van der Waals surface area contributed by atoms with Gasteiger partial charge in [0.25, 0.3) is 0 Å². The number of alkyl halides is 1. The first-order chi connectivity index (χ1) is 7.65. The van der Waals surface area contributed by atoms with E-state index in [9.17, 15) is 0 Å². The van der Waals surface area contributed by atoms with Crippen LogP contribution in [0.4, 0.5) is 0 Å². The number of halogens is 4. The van der Waals surface area contributed by atoms with E-state index < -0.39 is 0 Å². The molecule has 0 saturated carbocycles. The molecule has 0 N–H and O–H groups in total. The van der Waals surface area contributed by atoms with E-state index in [0.29, 0.717) is 28.3 Å². The van der Waals surface area contributed by atoms with Gasteiger partial charge in [-0.25, -0.2) is 9.50 Å². The second-order valence-corrected chi connectivity index (χ2v) is 5.14. The molecule has 0 bridgehead atoms. The third kappa shape index (κ3) is 2.16. The first kappa shape index (κ1) is 12.4. The van der Waals surface area contributed by atoms with Crippen molar-refractivity contribution in [1.29, 1.82) is 0 Å². The highest BCUT2D eigenvalue weighted by Gasteiger charge is 2.14. The molecule has 0 radical (unpaired) electrons. The molecule has 86 valence electrons. The largest absolute Gasteiger partial charge is 0.215 e. The number of nitrogens with zero attached hydrogens (tertiary/aromatic N) is 3. The van der Waals surface area contributed by atoms with Crippen LogP contribution in [-0.2, 0) is 6.42 Å². The van der Waals surface area contributed by atoms with E-state index in [1.807, 2.05) is 0 Å². The van der Waals surface area contributed by atoms with Crippen molar-refractivity contribution >= 4 is 56.4 Å². The van der Waals surface area contributed by atoms with Gasteiger partial charge in [0.1, 0.15) is 10.3 Å². The highest BCUT2D eigenvalue weighted by atomic mass is 79.9. The minimum absolute atomic E-state index is 0.406. The molecule has 0 atom stereocenters. The van der Waals surface area contributed by atoms with Crippen LogP contribution in [0.15, 0.2) is 10.7 Å². The first-order valence-electron chi connectivity index (χ1n) is 4.58. The predicted octanol–water partition coefficient (Wildman–Crippen LogP) is 3.97.